The summed E-state index contributed by atoms with van der Waals surface area (Å²) in [6.45, 7) is 3.73. The van der Waals surface area contributed by atoms with Crippen LogP contribution in [0.2, 0.25) is 5.02 Å². The van der Waals surface area contributed by atoms with Crippen LogP contribution in [0.25, 0.3) is 27.5 Å². The summed E-state index contributed by atoms with van der Waals surface area (Å²) in [4.78, 5) is 32.9. The van der Waals surface area contributed by atoms with Crippen LogP contribution in [0.1, 0.15) is 67.3 Å². The lowest BCUT2D eigenvalue weighted by atomic mass is 9.89. The zero-order valence-corrected chi connectivity index (χ0v) is 25.1. The summed E-state index contributed by atoms with van der Waals surface area (Å²) in [5.41, 5.74) is 17.9. The summed E-state index contributed by atoms with van der Waals surface area (Å²) in [5, 5.41) is 12.9. The summed E-state index contributed by atoms with van der Waals surface area (Å²) >= 11 is 8.26. The second-order valence-corrected chi connectivity index (χ2v) is 13.3. The number of allylic oxidation sites excluding steroid dienone is 1. The molecule has 1 atom stereocenters. The van der Waals surface area contributed by atoms with Gasteiger partial charge in [-0.05, 0) is 86.5 Å². The molecular formula is C31H34ClN7O2S. The maximum absolute atomic E-state index is 12.0. The van der Waals surface area contributed by atoms with Crippen LogP contribution in [-0.4, -0.2) is 55.7 Å². The van der Waals surface area contributed by atoms with E-state index in [1.807, 2.05) is 18.2 Å². The number of benzene rings is 1. The molecule has 2 aliphatic carbocycles. The minimum absolute atomic E-state index is 0.0311. The Bertz CT molecular complexity index is 1760. The first-order valence-electron chi connectivity index (χ1n) is 14.6. The van der Waals surface area contributed by atoms with Gasteiger partial charge in [0.05, 0.1) is 21.6 Å². The Morgan fingerprint density at radius 2 is 2.05 bits per heavy atom. The number of fused-ring (bicyclic) bond motifs is 2. The van der Waals surface area contributed by atoms with Gasteiger partial charge in [-0.2, -0.15) is 0 Å². The number of carbonyl (C=O) groups is 1. The Balaban J connectivity index is 1.26. The van der Waals surface area contributed by atoms with Crippen LogP contribution < -0.4 is 16.4 Å². The van der Waals surface area contributed by atoms with Crippen LogP contribution in [0.3, 0.4) is 0 Å². The predicted molar refractivity (Wildman–Crippen MR) is 167 cm³/mol. The third-order valence-electron chi connectivity index (χ3n) is 9.04. The van der Waals surface area contributed by atoms with Gasteiger partial charge >= 0.3 is 5.97 Å². The molecule has 1 saturated carbocycles. The van der Waals surface area contributed by atoms with Gasteiger partial charge in [0.2, 0.25) is 0 Å². The highest BCUT2D eigenvalue weighted by Gasteiger charge is 2.50. The van der Waals surface area contributed by atoms with Gasteiger partial charge in [0.15, 0.2) is 10.9 Å². The van der Waals surface area contributed by atoms with Gasteiger partial charge in [-0.1, -0.05) is 24.6 Å². The van der Waals surface area contributed by atoms with E-state index < -0.39 is 5.97 Å². The molecular weight excluding hydrogens is 570 g/mol. The van der Waals surface area contributed by atoms with Gasteiger partial charge in [-0.15, -0.1) is 0 Å². The fraction of sp³-hybridized carbons (Fsp3) is 0.419. The predicted octanol–water partition coefficient (Wildman–Crippen LogP) is 5.78. The highest BCUT2D eigenvalue weighted by Crippen LogP contribution is 2.46. The van der Waals surface area contributed by atoms with E-state index in [1.54, 1.807) is 6.07 Å². The highest BCUT2D eigenvalue weighted by molar-refractivity contribution is 7.99. The number of aromatic carboxylic acids is 1. The number of aromatic amines is 1. The molecule has 0 bridgehead atoms. The number of nitrogens with two attached hydrogens (primary N) is 2. The van der Waals surface area contributed by atoms with Gasteiger partial charge in [0.25, 0.3) is 0 Å². The number of aromatic nitrogens is 4. The maximum atomic E-state index is 12.0. The van der Waals surface area contributed by atoms with E-state index in [4.69, 9.17) is 33.0 Å². The molecule has 3 aromatic heterocycles. The summed E-state index contributed by atoms with van der Waals surface area (Å²) in [5.74, 6) is -0.602. The first-order valence-corrected chi connectivity index (χ1v) is 15.8. The van der Waals surface area contributed by atoms with Crippen LogP contribution >= 0.6 is 23.4 Å². The number of rotatable bonds is 7. The number of aryl methyl sites for hydroxylation is 1. The minimum Gasteiger partial charge on any atom is -0.477 e. The lowest BCUT2D eigenvalue weighted by Gasteiger charge is -2.44. The van der Waals surface area contributed by atoms with E-state index >= 15 is 0 Å². The molecule has 0 spiro atoms. The molecule has 6 N–H and O–H groups in total. The molecule has 4 aromatic rings. The lowest BCUT2D eigenvalue weighted by Crippen LogP contribution is -2.56. The molecule has 2 fully saturated rings. The minimum atomic E-state index is -1.05. The number of hydrogen-bond donors (Lipinski definition) is 4. The molecule has 9 nitrogen and oxygen atoms in total. The SMILES string of the molecule is CCc1[nH]c2nc(Sc3ccc4c(N5CC(C6(N)CC6)C5)cc(C(=O)O)nc4c3)nc(C3=CC[C@H](N)CCC3)c2c1Cl. The molecule has 7 rings (SSSR count). The number of hydrogen-bond acceptors (Lipinski definition) is 8. The summed E-state index contributed by atoms with van der Waals surface area (Å²) in [7, 11) is 0. The van der Waals surface area contributed by atoms with Crippen LogP contribution in [0, 0.1) is 5.92 Å². The maximum Gasteiger partial charge on any atom is 0.354 e. The average molecular weight is 604 g/mol. The number of carboxylic acids is 1. The van der Waals surface area contributed by atoms with E-state index in [0.29, 0.717) is 27.3 Å². The lowest BCUT2D eigenvalue weighted by molar-refractivity contribution is 0.0691. The second-order valence-electron chi connectivity index (χ2n) is 11.9. The number of nitrogens with zero attached hydrogens (tertiary/aromatic N) is 4. The standard InChI is InChI=1S/C31H34ClN7O2S/c1-2-21-26(32)25-27(16-4-3-5-18(33)7-6-16)37-30(38-28(25)36-21)42-19-8-9-20-22(12-19)35-23(29(40)41)13-24(20)39-14-17(15-39)31(34)10-11-31/h6,8-9,12-13,17-18H,2-5,7,10-11,14-15,33-34H2,1H3,(H,40,41)(H,36,37,38)/t18-/m1/s1. The Morgan fingerprint density at radius 1 is 1.24 bits per heavy atom. The first-order chi connectivity index (χ1) is 20.2. The number of H-pyrrole nitrogens is 1. The monoisotopic (exact) mass is 603 g/mol. The zero-order valence-electron chi connectivity index (χ0n) is 23.5. The zero-order chi connectivity index (χ0) is 29.2. The fourth-order valence-corrected chi connectivity index (χ4v) is 7.36. The van der Waals surface area contributed by atoms with Crippen LogP contribution in [-0.2, 0) is 6.42 Å². The smallest absolute Gasteiger partial charge is 0.354 e. The van der Waals surface area contributed by atoms with Gasteiger partial charge in [-0.3, -0.25) is 0 Å². The summed E-state index contributed by atoms with van der Waals surface area (Å²) in [6, 6.07) is 7.80. The number of pyridine rings is 1. The van der Waals surface area contributed by atoms with Gasteiger partial charge < -0.3 is 26.5 Å². The Labute approximate surface area is 253 Å². The van der Waals surface area contributed by atoms with Crippen molar-refractivity contribution in [2.24, 2.45) is 17.4 Å². The van der Waals surface area contributed by atoms with Crippen molar-refractivity contribution in [3.63, 3.8) is 0 Å². The molecule has 4 heterocycles. The largest absolute Gasteiger partial charge is 0.477 e. The normalized spacial score (nSPS) is 20.4. The molecule has 1 aromatic carbocycles. The van der Waals surface area contributed by atoms with Crippen molar-refractivity contribution in [3.05, 3.63) is 52.4 Å². The Morgan fingerprint density at radius 3 is 2.79 bits per heavy atom. The fourth-order valence-electron chi connectivity index (χ4n) is 6.21. The molecule has 218 valence electrons. The summed E-state index contributed by atoms with van der Waals surface area (Å²) in [6.07, 6.45) is 8.77. The van der Waals surface area contributed by atoms with Crippen molar-refractivity contribution < 1.29 is 9.90 Å². The van der Waals surface area contributed by atoms with Crippen LogP contribution in [0.15, 0.2) is 40.4 Å². The van der Waals surface area contributed by atoms with Crippen molar-refractivity contribution >= 4 is 62.5 Å². The Kier molecular flexibility index (Phi) is 6.92. The molecule has 1 saturated heterocycles. The number of halogens is 1. The number of carboxylic acid groups (broad SMARTS) is 1. The first kappa shape index (κ1) is 27.6. The summed E-state index contributed by atoms with van der Waals surface area (Å²) < 4.78 is 0. The number of nitrogens with one attached hydrogen (secondary N) is 1. The van der Waals surface area contributed by atoms with Crippen LogP contribution in [0.5, 0.6) is 0 Å². The van der Waals surface area contributed by atoms with Crippen molar-refractivity contribution in [2.75, 3.05) is 18.0 Å². The second kappa shape index (κ2) is 10.5. The molecule has 0 unspecified atom stereocenters. The highest BCUT2D eigenvalue weighted by atomic mass is 35.5. The van der Waals surface area contributed by atoms with Gasteiger partial charge in [0.1, 0.15) is 5.65 Å². The van der Waals surface area contributed by atoms with Crippen molar-refractivity contribution in [1.29, 1.82) is 0 Å². The van der Waals surface area contributed by atoms with Gasteiger partial charge in [0, 0.05) is 52.3 Å². The van der Waals surface area contributed by atoms with E-state index in [9.17, 15) is 9.90 Å². The molecule has 1 aliphatic heterocycles. The molecule has 42 heavy (non-hydrogen) atoms. The van der Waals surface area contributed by atoms with Gasteiger partial charge in [-0.25, -0.2) is 19.7 Å². The third-order valence-corrected chi connectivity index (χ3v) is 10.3. The van der Waals surface area contributed by atoms with Crippen molar-refractivity contribution in [3.8, 4) is 0 Å². The van der Waals surface area contributed by atoms with Crippen LogP contribution in [0.4, 0.5) is 5.69 Å². The third kappa shape index (κ3) is 4.94. The quantitative estimate of drug-likeness (QED) is 0.193. The number of anilines is 1. The van der Waals surface area contributed by atoms with E-state index in [2.05, 4.69) is 27.9 Å². The molecule has 0 radical (unpaired) electrons. The van der Waals surface area contributed by atoms with Crippen molar-refractivity contribution in [2.45, 2.75) is 73.5 Å². The molecule has 0 amide bonds. The van der Waals surface area contributed by atoms with E-state index in [0.717, 1.165) is 96.4 Å². The van der Waals surface area contributed by atoms with Crippen molar-refractivity contribution in [1.82, 2.24) is 19.9 Å². The average Bonchev–Trinajstić information content (AvgIpc) is 3.65. The topological polar surface area (TPSA) is 147 Å². The van der Waals surface area contributed by atoms with E-state index in [-0.39, 0.29) is 17.3 Å². The Hall–Kier alpha value is -3.18. The van der Waals surface area contributed by atoms with E-state index in [1.165, 1.54) is 11.8 Å². The molecule has 11 heteroatoms. The molecule has 3 aliphatic rings.